The summed E-state index contributed by atoms with van der Waals surface area (Å²) < 4.78 is 5.83. The van der Waals surface area contributed by atoms with Gasteiger partial charge in [0.2, 0.25) is 0 Å². The molecule has 0 amide bonds. The van der Waals surface area contributed by atoms with Crippen LogP contribution in [0.2, 0.25) is 5.02 Å². The smallest absolute Gasteiger partial charge is 0.193 e. The molecule has 0 saturated carbocycles. The quantitative estimate of drug-likeness (QED) is 0.331. The van der Waals surface area contributed by atoms with Crippen molar-refractivity contribution in [2.24, 2.45) is 4.99 Å². The molecule has 0 aromatic heterocycles. The van der Waals surface area contributed by atoms with Crippen molar-refractivity contribution in [3.63, 3.8) is 0 Å². The molecule has 30 heavy (non-hydrogen) atoms. The summed E-state index contributed by atoms with van der Waals surface area (Å²) in [6.07, 6.45) is 0. The van der Waals surface area contributed by atoms with Crippen molar-refractivity contribution in [3.05, 3.63) is 29.3 Å². The monoisotopic (exact) mass is 550 g/mol. The molecule has 3 rings (SSSR count). The third-order valence-electron chi connectivity index (χ3n) is 5.85. The lowest BCUT2D eigenvalue weighted by Gasteiger charge is -2.40. The molecular weight excluding hydrogens is 515 g/mol. The average Bonchev–Trinajstić information content (AvgIpc) is 2.73. The molecule has 7 nitrogen and oxygen atoms in total. The van der Waals surface area contributed by atoms with Crippen LogP contribution in [0.15, 0.2) is 29.3 Å². The van der Waals surface area contributed by atoms with Gasteiger partial charge in [0.25, 0.3) is 0 Å². The Kier molecular flexibility index (Phi) is 10.9. The Hall–Kier alpha value is -0.810. The molecular formula is C21H36ClIN6O. The molecule has 1 aromatic rings. The Labute approximate surface area is 203 Å². The van der Waals surface area contributed by atoms with Crippen molar-refractivity contribution in [1.29, 1.82) is 0 Å². The van der Waals surface area contributed by atoms with Gasteiger partial charge in [-0.05, 0) is 38.4 Å². The Morgan fingerprint density at radius 1 is 1.10 bits per heavy atom. The first-order valence-electron chi connectivity index (χ1n) is 10.5. The Bertz CT molecular complexity index is 653. The van der Waals surface area contributed by atoms with Gasteiger partial charge in [-0.15, -0.1) is 24.0 Å². The van der Waals surface area contributed by atoms with E-state index in [-0.39, 0.29) is 24.0 Å². The molecule has 9 heteroatoms. The molecule has 2 saturated heterocycles. The van der Waals surface area contributed by atoms with Crippen LogP contribution in [0.25, 0.3) is 0 Å². The number of hydrogen-bond donors (Lipinski definition) is 1. The van der Waals surface area contributed by atoms with Crippen LogP contribution >= 0.6 is 35.6 Å². The number of ether oxygens (including phenoxy) is 1. The largest absolute Gasteiger partial charge is 0.492 e. The van der Waals surface area contributed by atoms with Crippen LogP contribution in [-0.4, -0.2) is 118 Å². The van der Waals surface area contributed by atoms with Crippen molar-refractivity contribution < 1.29 is 4.74 Å². The molecule has 2 fully saturated rings. The van der Waals surface area contributed by atoms with E-state index in [1.165, 1.54) is 0 Å². The standard InChI is InChI=1S/C21H35ClN6O.HI/c1-23-21(24-16-19-17-25(2)8-9-26(19)3)28-12-10-27(11-13-28)14-15-29-20-6-4-18(22)5-7-20;/h4-7,19H,8-17H2,1-3H3,(H,23,24);1H. The summed E-state index contributed by atoms with van der Waals surface area (Å²) in [4.78, 5) is 14.2. The second-order valence-corrected chi connectivity index (χ2v) is 8.39. The van der Waals surface area contributed by atoms with Gasteiger partial charge in [0, 0.05) is 77.0 Å². The lowest BCUT2D eigenvalue weighted by Crippen LogP contribution is -2.57. The van der Waals surface area contributed by atoms with Crippen molar-refractivity contribution in [3.8, 4) is 5.75 Å². The first-order valence-corrected chi connectivity index (χ1v) is 10.9. The highest BCUT2D eigenvalue weighted by Crippen LogP contribution is 2.15. The zero-order chi connectivity index (χ0) is 20.6. The van der Waals surface area contributed by atoms with Gasteiger partial charge in [-0.3, -0.25) is 14.8 Å². The van der Waals surface area contributed by atoms with E-state index in [1.54, 1.807) is 0 Å². The van der Waals surface area contributed by atoms with E-state index in [4.69, 9.17) is 16.3 Å². The van der Waals surface area contributed by atoms with Crippen LogP contribution in [0.3, 0.4) is 0 Å². The normalized spacial score (nSPS) is 21.9. The second-order valence-electron chi connectivity index (χ2n) is 7.96. The zero-order valence-electron chi connectivity index (χ0n) is 18.4. The van der Waals surface area contributed by atoms with Gasteiger partial charge >= 0.3 is 0 Å². The van der Waals surface area contributed by atoms with Crippen LogP contribution in [-0.2, 0) is 0 Å². The van der Waals surface area contributed by atoms with Gasteiger partial charge in [-0.1, -0.05) is 11.6 Å². The third-order valence-corrected chi connectivity index (χ3v) is 6.10. The van der Waals surface area contributed by atoms with Gasteiger partial charge < -0.3 is 19.9 Å². The Morgan fingerprint density at radius 2 is 1.80 bits per heavy atom. The van der Waals surface area contributed by atoms with E-state index in [1.807, 2.05) is 31.3 Å². The van der Waals surface area contributed by atoms with E-state index in [0.29, 0.717) is 12.6 Å². The summed E-state index contributed by atoms with van der Waals surface area (Å²) in [5, 5.41) is 4.33. The number of halogens is 2. The number of hydrogen-bond acceptors (Lipinski definition) is 5. The minimum absolute atomic E-state index is 0. The summed E-state index contributed by atoms with van der Waals surface area (Å²) in [5.74, 6) is 1.89. The topological polar surface area (TPSA) is 46.6 Å². The molecule has 0 radical (unpaired) electrons. The minimum Gasteiger partial charge on any atom is -0.492 e. The number of guanidine groups is 1. The van der Waals surface area contributed by atoms with E-state index in [0.717, 1.165) is 75.6 Å². The van der Waals surface area contributed by atoms with E-state index in [2.05, 4.69) is 44.0 Å². The van der Waals surface area contributed by atoms with E-state index >= 15 is 0 Å². The molecule has 170 valence electrons. The fourth-order valence-corrected chi connectivity index (χ4v) is 4.00. The van der Waals surface area contributed by atoms with Crippen molar-refractivity contribution in [1.82, 2.24) is 24.9 Å². The summed E-state index contributed by atoms with van der Waals surface area (Å²) in [6, 6.07) is 8.07. The number of benzene rings is 1. The summed E-state index contributed by atoms with van der Waals surface area (Å²) in [6.45, 7) is 9.95. The van der Waals surface area contributed by atoms with Gasteiger partial charge in [0.05, 0.1) is 0 Å². The van der Waals surface area contributed by atoms with Crippen molar-refractivity contribution in [2.75, 3.05) is 86.7 Å². The Morgan fingerprint density at radius 3 is 2.47 bits per heavy atom. The zero-order valence-corrected chi connectivity index (χ0v) is 21.5. The lowest BCUT2D eigenvalue weighted by molar-refractivity contribution is 0.115. The maximum absolute atomic E-state index is 5.91. The summed E-state index contributed by atoms with van der Waals surface area (Å²) >= 11 is 5.91. The van der Waals surface area contributed by atoms with Gasteiger partial charge in [0.15, 0.2) is 5.96 Å². The number of nitrogens with one attached hydrogen (secondary N) is 1. The van der Waals surface area contributed by atoms with E-state index < -0.39 is 0 Å². The number of rotatable bonds is 6. The number of nitrogens with zero attached hydrogens (tertiary/aromatic N) is 5. The molecule has 1 unspecified atom stereocenters. The molecule has 2 aliphatic heterocycles. The predicted octanol–water partition coefficient (Wildman–Crippen LogP) is 1.78. The van der Waals surface area contributed by atoms with Crippen LogP contribution in [0, 0.1) is 0 Å². The van der Waals surface area contributed by atoms with Crippen LogP contribution < -0.4 is 10.1 Å². The minimum atomic E-state index is 0. The summed E-state index contributed by atoms with van der Waals surface area (Å²) in [5.41, 5.74) is 0. The number of aliphatic imine (C=N–C) groups is 1. The highest BCUT2D eigenvalue weighted by Gasteiger charge is 2.24. The molecule has 0 spiro atoms. The maximum Gasteiger partial charge on any atom is 0.193 e. The number of likely N-dealkylation sites (N-methyl/N-ethyl adjacent to an activating group) is 2. The van der Waals surface area contributed by atoms with Gasteiger partial charge in [-0.25, -0.2) is 0 Å². The highest BCUT2D eigenvalue weighted by atomic mass is 127. The lowest BCUT2D eigenvalue weighted by atomic mass is 10.2. The summed E-state index contributed by atoms with van der Waals surface area (Å²) in [7, 11) is 6.29. The Balaban J connectivity index is 0.00000320. The molecule has 0 aliphatic carbocycles. The number of piperazine rings is 2. The van der Waals surface area contributed by atoms with Crippen LogP contribution in [0.1, 0.15) is 0 Å². The maximum atomic E-state index is 5.91. The van der Waals surface area contributed by atoms with Gasteiger partial charge in [-0.2, -0.15) is 0 Å². The molecule has 2 heterocycles. The molecule has 1 N–H and O–H groups in total. The highest BCUT2D eigenvalue weighted by molar-refractivity contribution is 14.0. The first-order chi connectivity index (χ1) is 14.0. The van der Waals surface area contributed by atoms with Gasteiger partial charge in [0.1, 0.15) is 12.4 Å². The van der Waals surface area contributed by atoms with Crippen molar-refractivity contribution >= 4 is 41.5 Å². The van der Waals surface area contributed by atoms with Crippen LogP contribution in [0.5, 0.6) is 5.75 Å². The van der Waals surface area contributed by atoms with Crippen LogP contribution in [0.4, 0.5) is 0 Å². The molecule has 1 atom stereocenters. The second kappa shape index (κ2) is 12.9. The average molecular weight is 551 g/mol. The first kappa shape index (κ1) is 25.5. The SMILES string of the molecule is CN=C(NCC1CN(C)CCN1C)N1CCN(CCOc2ccc(Cl)cc2)CC1.I. The molecule has 1 aromatic carbocycles. The fourth-order valence-electron chi connectivity index (χ4n) is 3.87. The van der Waals surface area contributed by atoms with E-state index in [9.17, 15) is 0 Å². The fraction of sp³-hybridized carbons (Fsp3) is 0.667. The third kappa shape index (κ3) is 7.71. The predicted molar refractivity (Wildman–Crippen MR) is 136 cm³/mol. The molecule has 0 bridgehead atoms. The van der Waals surface area contributed by atoms with Crippen molar-refractivity contribution in [2.45, 2.75) is 6.04 Å². The molecule has 2 aliphatic rings.